The van der Waals surface area contributed by atoms with E-state index in [1.807, 2.05) is 6.92 Å². The van der Waals surface area contributed by atoms with Gasteiger partial charge in [0.05, 0.1) is 6.42 Å². The van der Waals surface area contributed by atoms with Crippen LogP contribution in [-0.2, 0) is 0 Å². The Kier molecular flexibility index (Phi) is 3.71. The maximum Gasteiger partial charge on any atom is 0.390 e. The van der Waals surface area contributed by atoms with Gasteiger partial charge in [-0.25, -0.2) is 0 Å². The van der Waals surface area contributed by atoms with E-state index in [1.54, 1.807) is 0 Å². The summed E-state index contributed by atoms with van der Waals surface area (Å²) in [6.07, 6.45) is -3.81. The summed E-state index contributed by atoms with van der Waals surface area (Å²) in [5.74, 6) is 0. The number of nitrogens with two attached hydrogens (primary N) is 1. The second kappa shape index (κ2) is 3.81. The van der Waals surface area contributed by atoms with Gasteiger partial charge in [-0.2, -0.15) is 13.2 Å². The Morgan fingerprint density at radius 3 is 2.20 bits per heavy atom. The van der Waals surface area contributed by atoms with Crippen LogP contribution in [0.3, 0.4) is 0 Å². The predicted octanol–water partition coefficient (Wildman–Crippen LogP) is 2.07. The molecule has 62 valence electrons. The molecule has 2 N–H and O–H groups in total. The highest BCUT2D eigenvalue weighted by molar-refractivity contribution is 4.64. The van der Waals surface area contributed by atoms with E-state index < -0.39 is 18.6 Å². The lowest BCUT2D eigenvalue weighted by Gasteiger charge is -2.12. The Morgan fingerprint density at radius 1 is 1.40 bits per heavy atom. The minimum atomic E-state index is -4.10. The molecule has 0 aromatic heterocycles. The monoisotopic (exact) mass is 155 g/mol. The van der Waals surface area contributed by atoms with Crippen molar-refractivity contribution in [2.24, 2.45) is 5.73 Å². The quantitative estimate of drug-likeness (QED) is 0.663. The fourth-order valence-electron chi connectivity index (χ4n) is 0.770. The summed E-state index contributed by atoms with van der Waals surface area (Å²) in [7, 11) is 0. The fraction of sp³-hybridized carbons (Fsp3) is 1.00. The summed E-state index contributed by atoms with van der Waals surface area (Å²) in [6, 6.07) is -0.718. The van der Waals surface area contributed by atoms with Gasteiger partial charge in [0.2, 0.25) is 0 Å². The van der Waals surface area contributed by atoms with Crippen molar-refractivity contribution < 1.29 is 13.2 Å². The average molecular weight is 155 g/mol. The first-order valence-electron chi connectivity index (χ1n) is 3.28. The zero-order valence-corrected chi connectivity index (χ0v) is 5.91. The molecule has 10 heavy (non-hydrogen) atoms. The topological polar surface area (TPSA) is 26.0 Å². The lowest BCUT2D eigenvalue weighted by molar-refractivity contribution is -0.138. The molecule has 0 aliphatic rings. The molecule has 0 amide bonds. The van der Waals surface area contributed by atoms with E-state index in [4.69, 9.17) is 5.73 Å². The van der Waals surface area contributed by atoms with Crippen LogP contribution in [0.25, 0.3) is 0 Å². The zero-order chi connectivity index (χ0) is 8.20. The van der Waals surface area contributed by atoms with Crippen LogP contribution in [0, 0.1) is 0 Å². The van der Waals surface area contributed by atoms with E-state index in [1.165, 1.54) is 0 Å². The van der Waals surface area contributed by atoms with Gasteiger partial charge in [0.25, 0.3) is 0 Å². The minimum absolute atomic E-state index is 0.444. The van der Waals surface area contributed by atoms with Crippen LogP contribution in [0.4, 0.5) is 13.2 Å². The third kappa shape index (κ3) is 5.88. The van der Waals surface area contributed by atoms with Crippen LogP contribution < -0.4 is 5.73 Å². The lowest BCUT2D eigenvalue weighted by atomic mass is 10.1. The van der Waals surface area contributed by atoms with E-state index in [9.17, 15) is 13.2 Å². The second-order valence-corrected chi connectivity index (χ2v) is 2.37. The first kappa shape index (κ1) is 9.75. The highest BCUT2D eigenvalue weighted by atomic mass is 19.4. The third-order valence-electron chi connectivity index (χ3n) is 1.15. The Labute approximate surface area is 58.4 Å². The maximum atomic E-state index is 11.5. The molecule has 4 heteroatoms. The smallest absolute Gasteiger partial charge is 0.327 e. The molecular formula is C6H12F3N. The van der Waals surface area contributed by atoms with Crippen LogP contribution in [0.15, 0.2) is 0 Å². The van der Waals surface area contributed by atoms with Gasteiger partial charge in [-0.15, -0.1) is 0 Å². The molecule has 0 aromatic rings. The maximum absolute atomic E-state index is 11.5. The van der Waals surface area contributed by atoms with E-state index in [0.717, 1.165) is 0 Å². The third-order valence-corrected chi connectivity index (χ3v) is 1.15. The molecular weight excluding hydrogens is 143 g/mol. The van der Waals surface area contributed by atoms with Crippen molar-refractivity contribution in [3.8, 4) is 0 Å². The SMILES string of the molecule is CCCC(N)CC(F)(F)F. The predicted molar refractivity (Wildman–Crippen MR) is 33.6 cm³/mol. The number of alkyl halides is 3. The van der Waals surface area contributed by atoms with Gasteiger partial charge in [0.1, 0.15) is 0 Å². The first-order valence-corrected chi connectivity index (χ1v) is 3.28. The van der Waals surface area contributed by atoms with Gasteiger partial charge in [-0.3, -0.25) is 0 Å². The van der Waals surface area contributed by atoms with Crippen LogP contribution in [0.1, 0.15) is 26.2 Å². The summed E-state index contributed by atoms with van der Waals surface area (Å²) >= 11 is 0. The molecule has 0 saturated carbocycles. The molecule has 0 aromatic carbocycles. The van der Waals surface area contributed by atoms with E-state index in [2.05, 4.69) is 0 Å². The van der Waals surface area contributed by atoms with Gasteiger partial charge < -0.3 is 5.73 Å². The normalized spacial score (nSPS) is 15.3. The summed E-state index contributed by atoms with van der Waals surface area (Å²) in [5, 5.41) is 0. The largest absolute Gasteiger partial charge is 0.390 e. The van der Waals surface area contributed by atoms with Crippen molar-refractivity contribution in [1.29, 1.82) is 0 Å². The van der Waals surface area contributed by atoms with Crippen molar-refractivity contribution >= 4 is 0 Å². The fourth-order valence-corrected chi connectivity index (χ4v) is 0.770. The zero-order valence-electron chi connectivity index (χ0n) is 5.91. The molecule has 0 radical (unpaired) electrons. The Balaban J connectivity index is 3.47. The van der Waals surface area contributed by atoms with Crippen molar-refractivity contribution in [3.63, 3.8) is 0 Å². The summed E-state index contributed by atoms with van der Waals surface area (Å²) in [5.41, 5.74) is 5.15. The highest BCUT2D eigenvalue weighted by Gasteiger charge is 2.29. The van der Waals surface area contributed by atoms with Gasteiger partial charge in [0.15, 0.2) is 0 Å². The van der Waals surface area contributed by atoms with Gasteiger partial charge >= 0.3 is 6.18 Å². The standard InChI is InChI=1S/C6H12F3N/c1-2-3-5(10)4-6(7,8)9/h5H,2-4,10H2,1H3. The van der Waals surface area contributed by atoms with Crippen molar-refractivity contribution in [1.82, 2.24) is 0 Å². The minimum Gasteiger partial charge on any atom is -0.327 e. The molecule has 1 nitrogen and oxygen atoms in total. The van der Waals surface area contributed by atoms with Gasteiger partial charge in [-0.05, 0) is 6.42 Å². The van der Waals surface area contributed by atoms with Gasteiger partial charge in [0, 0.05) is 6.04 Å². The number of hydrogen-bond donors (Lipinski definition) is 1. The summed E-state index contributed by atoms with van der Waals surface area (Å²) in [4.78, 5) is 0. The Bertz CT molecular complexity index is 89.5. The van der Waals surface area contributed by atoms with Crippen molar-refractivity contribution in [2.45, 2.75) is 38.4 Å². The van der Waals surface area contributed by atoms with Crippen LogP contribution in [-0.4, -0.2) is 12.2 Å². The Morgan fingerprint density at radius 2 is 1.90 bits per heavy atom. The molecule has 0 fully saturated rings. The lowest BCUT2D eigenvalue weighted by Crippen LogP contribution is -2.27. The van der Waals surface area contributed by atoms with E-state index >= 15 is 0 Å². The molecule has 0 rings (SSSR count). The second-order valence-electron chi connectivity index (χ2n) is 2.37. The van der Waals surface area contributed by atoms with Crippen LogP contribution in [0.5, 0.6) is 0 Å². The van der Waals surface area contributed by atoms with Crippen molar-refractivity contribution in [2.75, 3.05) is 0 Å². The average Bonchev–Trinajstić information content (AvgIpc) is 1.59. The van der Waals surface area contributed by atoms with E-state index in [-0.39, 0.29) is 0 Å². The molecule has 0 aliphatic carbocycles. The first-order chi connectivity index (χ1) is 4.45. The van der Waals surface area contributed by atoms with Crippen LogP contribution >= 0.6 is 0 Å². The number of hydrogen-bond acceptors (Lipinski definition) is 1. The van der Waals surface area contributed by atoms with Crippen molar-refractivity contribution in [3.05, 3.63) is 0 Å². The van der Waals surface area contributed by atoms with Gasteiger partial charge in [-0.1, -0.05) is 13.3 Å². The molecule has 0 heterocycles. The molecule has 1 unspecified atom stereocenters. The Hall–Kier alpha value is -0.250. The molecule has 0 saturated heterocycles. The highest BCUT2D eigenvalue weighted by Crippen LogP contribution is 2.21. The van der Waals surface area contributed by atoms with E-state index in [0.29, 0.717) is 12.8 Å². The number of rotatable bonds is 3. The molecule has 0 aliphatic heterocycles. The summed E-state index contributed by atoms with van der Waals surface area (Å²) < 4.78 is 34.6. The molecule has 0 bridgehead atoms. The molecule has 0 spiro atoms. The van der Waals surface area contributed by atoms with Crippen LogP contribution in [0.2, 0.25) is 0 Å². The number of halogens is 3. The summed E-state index contributed by atoms with van der Waals surface area (Å²) in [6.45, 7) is 1.82. The molecule has 1 atom stereocenters.